The fraction of sp³-hybridized carbons (Fsp3) is 0.278. The van der Waals surface area contributed by atoms with Gasteiger partial charge >= 0.3 is 12.1 Å². The Labute approximate surface area is 138 Å². The van der Waals surface area contributed by atoms with E-state index in [9.17, 15) is 18.0 Å². The number of carbonyl (C=O) groups is 1. The molecule has 1 aliphatic rings. The zero-order valence-electron chi connectivity index (χ0n) is 13.1. The summed E-state index contributed by atoms with van der Waals surface area (Å²) in [7, 11) is 0. The van der Waals surface area contributed by atoms with Gasteiger partial charge in [0.25, 0.3) is 0 Å². The summed E-state index contributed by atoms with van der Waals surface area (Å²) in [4.78, 5) is 13.3. The number of amides is 1. The molecule has 3 nitrogen and oxygen atoms in total. The van der Waals surface area contributed by atoms with Crippen LogP contribution in [0.2, 0.25) is 0 Å². The number of alkyl halides is 3. The lowest BCUT2D eigenvalue weighted by molar-refractivity contribution is -0.167. The lowest BCUT2D eigenvalue weighted by atomic mass is 10.1. The van der Waals surface area contributed by atoms with E-state index in [0.29, 0.717) is 0 Å². The second-order valence-corrected chi connectivity index (χ2v) is 5.83. The predicted octanol–water partition coefficient (Wildman–Crippen LogP) is 4.31. The van der Waals surface area contributed by atoms with Crippen LogP contribution >= 0.6 is 0 Å². The fourth-order valence-corrected chi connectivity index (χ4v) is 3.00. The van der Waals surface area contributed by atoms with Crippen LogP contribution in [0.4, 0.5) is 24.5 Å². The molecule has 3 rings (SSSR count). The molecule has 1 unspecified atom stereocenters. The van der Waals surface area contributed by atoms with Gasteiger partial charge in [-0.3, -0.25) is 4.79 Å². The van der Waals surface area contributed by atoms with E-state index in [0.717, 1.165) is 29.8 Å². The van der Waals surface area contributed by atoms with Crippen molar-refractivity contribution in [3.05, 3.63) is 59.7 Å². The van der Waals surface area contributed by atoms with Crippen molar-refractivity contribution < 1.29 is 18.0 Å². The van der Waals surface area contributed by atoms with Gasteiger partial charge in [-0.1, -0.05) is 36.4 Å². The molecule has 0 aromatic heterocycles. The molecule has 2 aromatic rings. The van der Waals surface area contributed by atoms with Crippen LogP contribution < -0.4 is 10.2 Å². The maximum atomic E-state index is 12.4. The van der Waals surface area contributed by atoms with Gasteiger partial charge in [-0.25, -0.2) is 0 Å². The first-order valence-electron chi connectivity index (χ1n) is 7.69. The highest BCUT2D eigenvalue weighted by Gasteiger charge is 2.38. The van der Waals surface area contributed by atoms with Gasteiger partial charge in [0.05, 0.1) is 6.04 Å². The number of benzene rings is 2. The van der Waals surface area contributed by atoms with E-state index in [1.54, 1.807) is 12.1 Å². The summed E-state index contributed by atoms with van der Waals surface area (Å²) in [5.74, 6) is -1.96. The van der Waals surface area contributed by atoms with Gasteiger partial charge in [-0.15, -0.1) is 0 Å². The molecule has 24 heavy (non-hydrogen) atoms. The minimum absolute atomic E-state index is 0.0982. The van der Waals surface area contributed by atoms with Crippen molar-refractivity contribution in [2.75, 3.05) is 16.8 Å². The number of nitrogens with zero attached hydrogens (tertiary/aromatic N) is 1. The van der Waals surface area contributed by atoms with Gasteiger partial charge in [0.2, 0.25) is 0 Å². The average Bonchev–Trinajstić information content (AvgIpc) is 2.97. The van der Waals surface area contributed by atoms with Crippen molar-refractivity contribution in [2.45, 2.75) is 25.6 Å². The Morgan fingerprint density at radius 1 is 1.17 bits per heavy atom. The first-order chi connectivity index (χ1) is 11.4. The van der Waals surface area contributed by atoms with Gasteiger partial charge in [0.15, 0.2) is 0 Å². The van der Waals surface area contributed by atoms with E-state index in [4.69, 9.17) is 0 Å². The summed E-state index contributed by atoms with van der Waals surface area (Å²) in [6.07, 6.45) is -4.06. The summed E-state index contributed by atoms with van der Waals surface area (Å²) < 4.78 is 37.2. The Bertz CT molecular complexity index is 744. The molecule has 1 amide bonds. The maximum Gasteiger partial charge on any atom is 0.471 e. The number of halogens is 3. The van der Waals surface area contributed by atoms with Crippen LogP contribution in [0, 0.1) is 0 Å². The molecule has 1 aliphatic heterocycles. The van der Waals surface area contributed by atoms with E-state index >= 15 is 0 Å². The topological polar surface area (TPSA) is 32.3 Å². The van der Waals surface area contributed by atoms with Crippen LogP contribution in [0.1, 0.15) is 24.1 Å². The molecule has 0 aliphatic carbocycles. The van der Waals surface area contributed by atoms with E-state index in [1.807, 2.05) is 35.6 Å². The van der Waals surface area contributed by atoms with Crippen molar-refractivity contribution in [3.8, 4) is 0 Å². The molecule has 0 saturated carbocycles. The molecule has 1 N–H and O–H groups in total. The summed E-state index contributed by atoms with van der Waals surface area (Å²) in [6, 6.07) is 14.9. The molecule has 6 heteroatoms. The summed E-state index contributed by atoms with van der Waals surface area (Å²) in [5, 5.41) is 1.92. The third-order valence-electron chi connectivity index (χ3n) is 4.28. The zero-order chi connectivity index (χ0) is 17.3. The average molecular weight is 334 g/mol. The van der Waals surface area contributed by atoms with Crippen LogP contribution in [0.5, 0.6) is 0 Å². The second-order valence-electron chi connectivity index (χ2n) is 5.83. The van der Waals surface area contributed by atoms with E-state index < -0.39 is 12.1 Å². The first-order valence-corrected chi connectivity index (χ1v) is 7.69. The number of rotatable bonds is 3. The smallest absolute Gasteiger partial charge is 0.364 e. The summed E-state index contributed by atoms with van der Waals surface area (Å²) >= 11 is 0. The Hall–Kier alpha value is -2.50. The molecule has 0 radical (unpaired) electrons. The number of anilines is 2. The van der Waals surface area contributed by atoms with Crippen LogP contribution in [-0.2, 0) is 11.2 Å². The molecule has 126 valence electrons. The Morgan fingerprint density at radius 2 is 1.88 bits per heavy atom. The van der Waals surface area contributed by atoms with Crippen LogP contribution in [0.3, 0.4) is 0 Å². The Balaban J connectivity index is 1.85. The highest BCUT2D eigenvalue weighted by Crippen LogP contribution is 2.37. The SMILES string of the molecule is CC(c1ccccc1)N1CCc2ccc(NC(=O)C(F)(F)F)cc21. The molecular weight excluding hydrogens is 317 g/mol. The first kappa shape index (κ1) is 16.4. The number of nitrogens with one attached hydrogen (secondary N) is 1. The zero-order valence-corrected chi connectivity index (χ0v) is 13.1. The van der Waals surface area contributed by atoms with E-state index in [2.05, 4.69) is 11.8 Å². The van der Waals surface area contributed by atoms with Crippen LogP contribution in [-0.4, -0.2) is 18.6 Å². The molecule has 0 spiro atoms. The number of fused-ring (bicyclic) bond motifs is 1. The van der Waals surface area contributed by atoms with E-state index in [-0.39, 0.29) is 11.7 Å². The maximum absolute atomic E-state index is 12.4. The molecule has 0 bridgehead atoms. The predicted molar refractivity (Wildman–Crippen MR) is 87.0 cm³/mol. The second kappa shape index (κ2) is 6.19. The third kappa shape index (κ3) is 3.22. The highest BCUT2D eigenvalue weighted by molar-refractivity contribution is 5.95. The highest BCUT2D eigenvalue weighted by atomic mass is 19.4. The number of hydrogen-bond donors (Lipinski definition) is 1. The molecular formula is C18H17F3N2O. The van der Waals surface area contributed by atoms with Gasteiger partial charge in [0, 0.05) is 17.9 Å². The molecule has 0 fully saturated rings. The number of hydrogen-bond acceptors (Lipinski definition) is 2. The van der Waals surface area contributed by atoms with Crippen molar-refractivity contribution in [2.24, 2.45) is 0 Å². The molecule has 1 atom stereocenters. The van der Waals surface area contributed by atoms with Gasteiger partial charge in [0.1, 0.15) is 0 Å². The molecule has 2 aromatic carbocycles. The lowest BCUT2D eigenvalue weighted by Gasteiger charge is -2.28. The monoisotopic (exact) mass is 334 g/mol. The van der Waals surface area contributed by atoms with Crippen molar-refractivity contribution in [3.63, 3.8) is 0 Å². The lowest BCUT2D eigenvalue weighted by Crippen LogP contribution is -2.30. The minimum atomic E-state index is -4.89. The molecule has 1 heterocycles. The summed E-state index contributed by atoms with van der Waals surface area (Å²) in [5.41, 5.74) is 3.23. The van der Waals surface area contributed by atoms with Crippen molar-refractivity contribution >= 4 is 17.3 Å². The Kier molecular flexibility index (Phi) is 4.22. The standard InChI is InChI=1S/C18H17F3N2O/c1-12(13-5-3-2-4-6-13)23-10-9-14-7-8-15(11-16(14)23)22-17(24)18(19,20)21/h2-8,11-12H,9-10H2,1H3,(H,22,24). The number of carbonyl (C=O) groups excluding carboxylic acids is 1. The van der Waals surface area contributed by atoms with Crippen molar-refractivity contribution in [1.29, 1.82) is 0 Å². The van der Waals surface area contributed by atoms with E-state index in [1.165, 1.54) is 6.07 Å². The largest absolute Gasteiger partial charge is 0.471 e. The summed E-state index contributed by atoms with van der Waals surface area (Å²) in [6.45, 7) is 2.85. The normalized spacial score (nSPS) is 15.1. The van der Waals surface area contributed by atoms with Crippen molar-refractivity contribution in [1.82, 2.24) is 0 Å². The van der Waals surface area contributed by atoms with Gasteiger partial charge in [-0.2, -0.15) is 13.2 Å². The Morgan fingerprint density at radius 3 is 2.54 bits per heavy atom. The van der Waals surface area contributed by atoms with Gasteiger partial charge < -0.3 is 10.2 Å². The van der Waals surface area contributed by atoms with Crippen LogP contribution in [0.15, 0.2) is 48.5 Å². The fourth-order valence-electron chi connectivity index (χ4n) is 3.00. The quantitative estimate of drug-likeness (QED) is 0.907. The van der Waals surface area contributed by atoms with Crippen LogP contribution in [0.25, 0.3) is 0 Å². The van der Waals surface area contributed by atoms with Gasteiger partial charge in [-0.05, 0) is 36.6 Å². The minimum Gasteiger partial charge on any atom is -0.364 e. The molecule has 0 saturated heterocycles. The third-order valence-corrected chi connectivity index (χ3v) is 4.28.